The summed E-state index contributed by atoms with van der Waals surface area (Å²) in [6.07, 6.45) is 4.02. The van der Waals surface area contributed by atoms with E-state index in [2.05, 4.69) is 5.32 Å². The van der Waals surface area contributed by atoms with E-state index < -0.39 is 0 Å². The predicted molar refractivity (Wildman–Crippen MR) is 95.5 cm³/mol. The summed E-state index contributed by atoms with van der Waals surface area (Å²) < 4.78 is 0. The molecule has 0 aromatic heterocycles. The Bertz CT molecular complexity index is 744. The third-order valence-corrected chi connectivity index (χ3v) is 5.01. The van der Waals surface area contributed by atoms with Gasteiger partial charge in [0.15, 0.2) is 5.78 Å². The summed E-state index contributed by atoms with van der Waals surface area (Å²) in [5.74, 6) is -0.114. The maximum atomic E-state index is 12.7. The summed E-state index contributed by atoms with van der Waals surface area (Å²) >= 11 is 5.99. The Hall–Kier alpha value is -2.13. The molecular weight excluding hydrogens is 322 g/mol. The second-order valence-electron chi connectivity index (χ2n) is 6.38. The normalized spacial score (nSPS) is 15.9. The monoisotopic (exact) mass is 341 g/mol. The molecule has 1 saturated carbocycles. The smallest absolute Gasteiger partial charge is 0.251 e. The van der Waals surface area contributed by atoms with Crippen LogP contribution in [-0.2, 0) is 5.54 Å². The van der Waals surface area contributed by atoms with Crippen LogP contribution in [0.5, 0.6) is 0 Å². The maximum absolute atomic E-state index is 12.7. The zero-order valence-corrected chi connectivity index (χ0v) is 14.4. The van der Waals surface area contributed by atoms with Gasteiger partial charge in [-0.25, -0.2) is 0 Å². The van der Waals surface area contributed by atoms with Gasteiger partial charge in [-0.05, 0) is 49.6 Å². The van der Waals surface area contributed by atoms with Crippen molar-refractivity contribution >= 4 is 23.3 Å². The SMILES string of the molecule is CC(=O)c1ccc(C(=O)NC2(c3ccc(Cl)cc3)CCCC2)cc1. The number of nitrogens with one attached hydrogen (secondary N) is 1. The molecule has 0 radical (unpaired) electrons. The Morgan fingerprint density at radius 1 is 0.917 bits per heavy atom. The minimum Gasteiger partial charge on any atom is -0.343 e. The van der Waals surface area contributed by atoms with E-state index in [-0.39, 0.29) is 17.2 Å². The number of Topliss-reactive ketones (excluding diaryl/α,β-unsaturated/α-hetero) is 1. The van der Waals surface area contributed by atoms with Crippen molar-refractivity contribution in [2.75, 3.05) is 0 Å². The predicted octanol–water partition coefficient (Wildman–Crippen LogP) is 4.74. The highest BCUT2D eigenvalue weighted by molar-refractivity contribution is 6.30. The van der Waals surface area contributed by atoms with E-state index in [4.69, 9.17) is 11.6 Å². The highest BCUT2D eigenvalue weighted by Crippen LogP contribution is 2.39. The number of rotatable bonds is 4. The fraction of sp³-hybridized carbons (Fsp3) is 0.300. The van der Waals surface area contributed by atoms with Crippen LogP contribution in [-0.4, -0.2) is 11.7 Å². The molecule has 1 fully saturated rings. The van der Waals surface area contributed by atoms with Crippen LogP contribution in [0.3, 0.4) is 0 Å². The fourth-order valence-electron chi connectivity index (χ4n) is 3.38. The van der Waals surface area contributed by atoms with Crippen LogP contribution in [0.1, 0.15) is 58.9 Å². The van der Waals surface area contributed by atoms with E-state index in [9.17, 15) is 9.59 Å². The fourth-order valence-corrected chi connectivity index (χ4v) is 3.51. The van der Waals surface area contributed by atoms with E-state index in [1.807, 2.05) is 24.3 Å². The van der Waals surface area contributed by atoms with Crippen LogP contribution in [0.15, 0.2) is 48.5 Å². The molecule has 24 heavy (non-hydrogen) atoms. The Balaban J connectivity index is 1.84. The van der Waals surface area contributed by atoms with E-state index in [1.165, 1.54) is 6.92 Å². The molecule has 1 amide bonds. The van der Waals surface area contributed by atoms with E-state index in [0.29, 0.717) is 16.1 Å². The molecule has 0 saturated heterocycles. The van der Waals surface area contributed by atoms with Crippen LogP contribution in [0.2, 0.25) is 5.02 Å². The van der Waals surface area contributed by atoms with Crippen LogP contribution >= 0.6 is 11.6 Å². The molecule has 0 bridgehead atoms. The second-order valence-corrected chi connectivity index (χ2v) is 6.82. The first-order valence-electron chi connectivity index (χ1n) is 8.20. The van der Waals surface area contributed by atoms with Gasteiger partial charge in [-0.2, -0.15) is 0 Å². The molecule has 124 valence electrons. The Morgan fingerprint density at radius 2 is 1.46 bits per heavy atom. The van der Waals surface area contributed by atoms with Gasteiger partial charge in [-0.15, -0.1) is 0 Å². The van der Waals surface area contributed by atoms with Crippen molar-refractivity contribution in [3.63, 3.8) is 0 Å². The van der Waals surface area contributed by atoms with Crippen molar-refractivity contribution in [1.82, 2.24) is 5.32 Å². The Labute approximate surface area is 147 Å². The van der Waals surface area contributed by atoms with Gasteiger partial charge in [-0.3, -0.25) is 9.59 Å². The van der Waals surface area contributed by atoms with Crippen molar-refractivity contribution in [2.24, 2.45) is 0 Å². The summed E-state index contributed by atoms with van der Waals surface area (Å²) in [4.78, 5) is 24.1. The molecule has 1 aliphatic carbocycles. The van der Waals surface area contributed by atoms with E-state index in [0.717, 1.165) is 31.2 Å². The van der Waals surface area contributed by atoms with Gasteiger partial charge < -0.3 is 5.32 Å². The molecule has 3 nitrogen and oxygen atoms in total. The minimum atomic E-state index is -0.332. The summed E-state index contributed by atoms with van der Waals surface area (Å²) in [6.45, 7) is 1.52. The lowest BCUT2D eigenvalue weighted by Crippen LogP contribution is -2.43. The van der Waals surface area contributed by atoms with Crippen LogP contribution in [0.4, 0.5) is 0 Å². The topological polar surface area (TPSA) is 46.2 Å². The lowest BCUT2D eigenvalue weighted by Gasteiger charge is -2.31. The first-order valence-corrected chi connectivity index (χ1v) is 8.58. The third kappa shape index (κ3) is 3.36. The van der Waals surface area contributed by atoms with Crippen molar-refractivity contribution in [1.29, 1.82) is 0 Å². The molecule has 0 heterocycles. The lowest BCUT2D eigenvalue weighted by molar-refractivity contribution is 0.0897. The van der Waals surface area contributed by atoms with Crippen molar-refractivity contribution in [3.8, 4) is 0 Å². The highest BCUT2D eigenvalue weighted by Gasteiger charge is 2.37. The molecule has 2 aromatic carbocycles. The average molecular weight is 342 g/mol. The Morgan fingerprint density at radius 3 is 2.00 bits per heavy atom. The van der Waals surface area contributed by atoms with Crippen LogP contribution in [0.25, 0.3) is 0 Å². The van der Waals surface area contributed by atoms with Crippen molar-refractivity contribution in [3.05, 3.63) is 70.2 Å². The van der Waals surface area contributed by atoms with Crippen molar-refractivity contribution < 1.29 is 9.59 Å². The number of carbonyl (C=O) groups is 2. The quantitative estimate of drug-likeness (QED) is 0.816. The molecule has 1 N–H and O–H groups in total. The van der Waals surface area contributed by atoms with Gasteiger partial charge in [0.2, 0.25) is 0 Å². The summed E-state index contributed by atoms with van der Waals surface area (Å²) in [5, 5.41) is 3.92. The number of hydrogen-bond acceptors (Lipinski definition) is 2. The molecule has 0 spiro atoms. The first-order chi connectivity index (χ1) is 11.5. The standard InChI is InChI=1S/C20H20ClNO2/c1-14(23)15-4-6-16(7-5-15)19(24)22-20(12-2-3-13-20)17-8-10-18(21)11-9-17/h4-11H,2-3,12-13H2,1H3,(H,22,24). The number of carbonyl (C=O) groups excluding carboxylic acids is 2. The molecule has 0 aliphatic heterocycles. The van der Waals surface area contributed by atoms with Crippen LogP contribution < -0.4 is 5.32 Å². The number of hydrogen-bond donors (Lipinski definition) is 1. The maximum Gasteiger partial charge on any atom is 0.251 e. The van der Waals surface area contributed by atoms with Gasteiger partial charge in [0.1, 0.15) is 0 Å². The zero-order valence-electron chi connectivity index (χ0n) is 13.6. The van der Waals surface area contributed by atoms with E-state index in [1.54, 1.807) is 24.3 Å². The molecule has 0 unspecified atom stereocenters. The molecule has 0 atom stereocenters. The number of ketones is 1. The van der Waals surface area contributed by atoms with Gasteiger partial charge in [0.25, 0.3) is 5.91 Å². The minimum absolute atomic E-state index is 0.00427. The van der Waals surface area contributed by atoms with Gasteiger partial charge in [0.05, 0.1) is 5.54 Å². The molecule has 2 aromatic rings. The first kappa shape index (κ1) is 16.7. The number of amides is 1. The lowest BCUT2D eigenvalue weighted by atomic mass is 9.87. The Kier molecular flexibility index (Phi) is 4.72. The highest BCUT2D eigenvalue weighted by atomic mass is 35.5. The summed E-state index contributed by atoms with van der Waals surface area (Å²) in [6, 6.07) is 14.5. The van der Waals surface area contributed by atoms with E-state index >= 15 is 0 Å². The van der Waals surface area contributed by atoms with Gasteiger partial charge >= 0.3 is 0 Å². The molecule has 1 aliphatic rings. The zero-order chi connectivity index (χ0) is 17.2. The summed E-state index contributed by atoms with van der Waals surface area (Å²) in [5.41, 5.74) is 1.94. The largest absolute Gasteiger partial charge is 0.343 e. The molecule has 4 heteroatoms. The average Bonchev–Trinajstić information content (AvgIpc) is 3.05. The number of benzene rings is 2. The van der Waals surface area contributed by atoms with Crippen LogP contribution in [0, 0.1) is 0 Å². The summed E-state index contributed by atoms with van der Waals surface area (Å²) in [7, 11) is 0. The van der Waals surface area contributed by atoms with Gasteiger partial charge in [-0.1, -0.05) is 48.7 Å². The van der Waals surface area contributed by atoms with Gasteiger partial charge in [0, 0.05) is 16.1 Å². The number of halogens is 1. The molecular formula is C20H20ClNO2. The van der Waals surface area contributed by atoms with Crippen molar-refractivity contribution in [2.45, 2.75) is 38.1 Å². The third-order valence-electron chi connectivity index (χ3n) is 4.76. The second kappa shape index (κ2) is 6.78. The molecule has 3 rings (SSSR count).